The third kappa shape index (κ3) is 35.0. The lowest BCUT2D eigenvalue weighted by atomic mass is 10.4. The van der Waals surface area contributed by atoms with Crippen molar-refractivity contribution in [2.75, 3.05) is 0 Å². The van der Waals surface area contributed by atoms with Crippen LogP contribution in [0.5, 0.6) is 0 Å². The van der Waals surface area contributed by atoms with E-state index in [0.717, 1.165) is 0 Å². The molecule has 0 aliphatic carbocycles. The number of allylic oxidation sites excluding steroid dienone is 6. The Morgan fingerprint density at radius 3 is 0.917 bits per heavy atom. The predicted octanol–water partition coefficient (Wildman–Crippen LogP) is 4.75. The predicted molar refractivity (Wildman–Crippen MR) is 61.5 cm³/mol. The van der Waals surface area contributed by atoms with E-state index in [4.69, 9.17) is 0 Å². The molecule has 0 nitrogen and oxygen atoms in total. The molecule has 0 spiro atoms. The largest absolute Gasteiger partial charge is 0.0877 e. The summed E-state index contributed by atoms with van der Waals surface area (Å²) in [5, 5.41) is 0. The van der Waals surface area contributed by atoms with E-state index in [1.54, 1.807) is 0 Å². The van der Waals surface area contributed by atoms with Crippen molar-refractivity contribution in [3.05, 3.63) is 36.5 Å². The van der Waals surface area contributed by atoms with E-state index < -0.39 is 0 Å². The van der Waals surface area contributed by atoms with Gasteiger partial charge in [-0.1, -0.05) is 64.2 Å². The molecule has 0 atom stereocenters. The van der Waals surface area contributed by atoms with Crippen molar-refractivity contribution < 1.29 is 0 Å². The maximum absolute atomic E-state index is 2.00. The first-order valence-corrected chi connectivity index (χ1v) is 4.82. The molecule has 0 bridgehead atoms. The fourth-order valence-electron chi connectivity index (χ4n) is 0.351. The van der Waals surface area contributed by atoms with Crippen LogP contribution in [0.25, 0.3) is 0 Å². The van der Waals surface area contributed by atoms with Crippen molar-refractivity contribution in [1.82, 2.24) is 0 Å². The van der Waals surface area contributed by atoms with E-state index in [2.05, 4.69) is 0 Å². The first-order chi connectivity index (χ1) is 5.91. The third-order valence-corrected chi connectivity index (χ3v) is 0.718. The summed E-state index contributed by atoms with van der Waals surface area (Å²) in [6, 6.07) is 0. The number of rotatable bonds is 2. The zero-order valence-electron chi connectivity index (χ0n) is 9.46. The molecule has 0 aromatic heterocycles. The van der Waals surface area contributed by atoms with E-state index in [9.17, 15) is 0 Å². The van der Waals surface area contributed by atoms with Gasteiger partial charge in [0.15, 0.2) is 0 Å². The van der Waals surface area contributed by atoms with E-state index in [-0.39, 0.29) is 0 Å². The zero-order valence-corrected chi connectivity index (χ0v) is 9.46. The lowest BCUT2D eigenvalue weighted by Crippen LogP contribution is -1.46. The summed E-state index contributed by atoms with van der Waals surface area (Å²) in [6.07, 6.45) is 12.0. The molecule has 0 aliphatic heterocycles. The summed E-state index contributed by atoms with van der Waals surface area (Å²) in [7, 11) is 0. The molecule has 0 aromatic rings. The highest BCUT2D eigenvalue weighted by Crippen LogP contribution is 1.77. The van der Waals surface area contributed by atoms with Gasteiger partial charge >= 0.3 is 0 Å². The van der Waals surface area contributed by atoms with Gasteiger partial charge in [0.25, 0.3) is 0 Å². The van der Waals surface area contributed by atoms with Gasteiger partial charge in [0.2, 0.25) is 0 Å². The number of hydrogen-bond donors (Lipinski definition) is 0. The molecular formula is C12H24. The molecular weight excluding hydrogens is 144 g/mol. The summed E-state index contributed by atoms with van der Waals surface area (Å²) >= 11 is 0. The second kappa shape index (κ2) is 31.9. The second-order valence-corrected chi connectivity index (χ2v) is 1.44. The van der Waals surface area contributed by atoms with Gasteiger partial charge in [0, 0.05) is 0 Å². The molecule has 0 heterocycles. The van der Waals surface area contributed by atoms with Crippen molar-refractivity contribution >= 4 is 0 Å². The van der Waals surface area contributed by atoms with E-state index in [1.165, 1.54) is 0 Å². The van der Waals surface area contributed by atoms with Crippen LogP contribution in [0.4, 0.5) is 0 Å². The van der Waals surface area contributed by atoms with E-state index >= 15 is 0 Å². The van der Waals surface area contributed by atoms with Gasteiger partial charge in [-0.3, -0.25) is 0 Å². The van der Waals surface area contributed by atoms with Gasteiger partial charge in [-0.25, -0.2) is 0 Å². The smallest absolute Gasteiger partial charge is 0.0467 e. The Balaban J connectivity index is -0.000000175. The topological polar surface area (TPSA) is 0 Å². The maximum atomic E-state index is 2.00. The van der Waals surface area contributed by atoms with Crippen LogP contribution in [-0.2, 0) is 0 Å². The minimum atomic E-state index is 2.00. The lowest BCUT2D eigenvalue weighted by molar-refractivity contribution is 1.50. The molecule has 0 rings (SSSR count). The van der Waals surface area contributed by atoms with Gasteiger partial charge in [0.05, 0.1) is 0 Å². The van der Waals surface area contributed by atoms with E-state index in [1.807, 2.05) is 78.0 Å². The first-order valence-electron chi connectivity index (χ1n) is 4.82. The first kappa shape index (κ1) is 17.3. The average Bonchev–Trinajstić information content (AvgIpc) is 2.19. The summed E-state index contributed by atoms with van der Waals surface area (Å²) in [5.74, 6) is 0. The molecule has 72 valence electrons. The Labute approximate surface area is 78.7 Å². The Hall–Kier alpha value is -0.780. The molecule has 0 amide bonds. The highest BCUT2D eigenvalue weighted by Gasteiger charge is 1.55. The Morgan fingerprint density at radius 2 is 0.750 bits per heavy atom. The quantitative estimate of drug-likeness (QED) is 0.522. The van der Waals surface area contributed by atoms with Crippen molar-refractivity contribution in [2.45, 2.75) is 41.5 Å². The molecule has 0 unspecified atom stereocenters. The molecule has 0 N–H and O–H groups in total. The minimum Gasteiger partial charge on any atom is -0.0877 e. The molecule has 0 aromatic carbocycles. The Bertz CT molecular complexity index is 91.2. The van der Waals surface area contributed by atoms with Gasteiger partial charge in [-0.15, -0.1) is 0 Å². The highest BCUT2D eigenvalue weighted by atomic mass is 13.6. The maximum Gasteiger partial charge on any atom is -0.0467 e. The SMILES string of the molecule is CC.CC.C\C=C/C=C\C=C/C. The normalized spacial score (nSPS) is 9.50. The van der Waals surface area contributed by atoms with Crippen LogP contribution >= 0.6 is 0 Å². The summed E-state index contributed by atoms with van der Waals surface area (Å²) in [4.78, 5) is 0. The van der Waals surface area contributed by atoms with Gasteiger partial charge in [0.1, 0.15) is 0 Å². The standard InChI is InChI=1S/C8H12.2C2H6/c1-3-5-7-8-6-4-2;2*1-2/h3-8H,1-2H3;2*1-2H3/b5-3-,6-4-,8-7-;;. The fraction of sp³-hybridized carbons (Fsp3) is 0.500. The highest BCUT2D eigenvalue weighted by molar-refractivity contribution is 5.09. The Morgan fingerprint density at radius 1 is 0.500 bits per heavy atom. The average molecular weight is 168 g/mol. The van der Waals surface area contributed by atoms with Crippen molar-refractivity contribution in [2.24, 2.45) is 0 Å². The van der Waals surface area contributed by atoms with Crippen LogP contribution < -0.4 is 0 Å². The van der Waals surface area contributed by atoms with Gasteiger partial charge in [-0.05, 0) is 13.8 Å². The third-order valence-electron chi connectivity index (χ3n) is 0.718. The zero-order chi connectivity index (χ0) is 10.2. The molecule has 0 saturated heterocycles. The Kier molecular flexibility index (Phi) is 46.1. The molecule has 12 heavy (non-hydrogen) atoms. The van der Waals surface area contributed by atoms with Gasteiger partial charge in [-0.2, -0.15) is 0 Å². The summed E-state index contributed by atoms with van der Waals surface area (Å²) in [5.41, 5.74) is 0. The second-order valence-electron chi connectivity index (χ2n) is 1.44. The lowest BCUT2D eigenvalue weighted by Gasteiger charge is -1.68. The van der Waals surface area contributed by atoms with Crippen molar-refractivity contribution in [3.8, 4) is 0 Å². The molecule has 0 radical (unpaired) electrons. The molecule has 0 heteroatoms. The number of hydrogen-bond acceptors (Lipinski definition) is 0. The van der Waals surface area contributed by atoms with Gasteiger partial charge < -0.3 is 0 Å². The fourth-order valence-corrected chi connectivity index (χ4v) is 0.351. The van der Waals surface area contributed by atoms with Crippen LogP contribution in [0.15, 0.2) is 36.5 Å². The van der Waals surface area contributed by atoms with Crippen molar-refractivity contribution in [3.63, 3.8) is 0 Å². The summed E-state index contributed by atoms with van der Waals surface area (Å²) in [6.45, 7) is 12.0. The minimum absolute atomic E-state index is 2.00. The van der Waals surface area contributed by atoms with E-state index in [0.29, 0.717) is 0 Å². The van der Waals surface area contributed by atoms with Crippen LogP contribution in [0.1, 0.15) is 41.5 Å². The summed E-state index contributed by atoms with van der Waals surface area (Å²) < 4.78 is 0. The van der Waals surface area contributed by atoms with Crippen LogP contribution in [0.2, 0.25) is 0 Å². The van der Waals surface area contributed by atoms with Crippen LogP contribution in [0.3, 0.4) is 0 Å². The molecule has 0 aliphatic rings. The monoisotopic (exact) mass is 168 g/mol. The molecule has 0 saturated carbocycles. The molecule has 0 fully saturated rings. The van der Waals surface area contributed by atoms with Crippen LogP contribution in [0, 0.1) is 0 Å². The van der Waals surface area contributed by atoms with Crippen LogP contribution in [-0.4, -0.2) is 0 Å². The van der Waals surface area contributed by atoms with Crippen molar-refractivity contribution in [1.29, 1.82) is 0 Å².